The first-order chi connectivity index (χ1) is 8.49. The van der Waals surface area contributed by atoms with Crippen molar-refractivity contribution in [3.05, 3.63) is 35.3 Å². The van der Waals surface area contributed by atoms with Crippen LogP contribution in [0.1, 0.15) is 26.3 Å². The van der Waals surface area contributed by atoms with Crippen LogP contribution in [0.25, 0.3) is 5.73 Å². The molecule has 7 heteroatoms. The van der Waals surface area contributed by atoms with E-state index in [0.29, 0.717) is 5.56 Å². The van der Waals surface area contributed by atoms with Crippen molar-refractivity contribution in [2.24, 2.45) is 0 Å². The third-order valence-corrected chi connectivity index (χ3v) is 1.71. The topological polar surface area (TPSA) is 79.2 Å². The molecular weight excluding hydrogens is 328 g/mol. The number of hydrogen-bond donors (Lipinski definition) is 1. The zero-order valence-electron chi connectivity index (χ0n) is 11.1. The Labute approximate surface area is 137 Å². The number of carbonyl (C=O) groups excluding carboxylic acids is 2. The Morgan fingerprint density at radius 3 is 2.37 bits per heavy atom. The van der Waals surface area contributed by atoms with Crippen molar-refractivity contribution in [3.63, 3.8) is 0 Å². The van der Waals surface area contributed by atoms with Crippen molar-refractivity contribution in [3.8, 4) is 0 Å². The van der Waals surface area contributed by atoms with Gasteiger partial charge >= 0.3 is 0 Å². The van der Waals surface area contributed by atoms with Crippen LogP contribution in [0.4, 0.5) is 14.9 Å². The molecule has 1 radical (unpaired) electrons. The van der Waals surface area contributed by atoms with Gasteiger partial charge < -0.3 is 15.8 Å². The second-order valence-corrected chi connectivity index (χ2v) is 3.07. The van der Waals surface area contributed by atoms with E-state index < -0.39 is 11.9 Å². The van der Waals surface area contributed by atoms with Crippen LogP contribution >= 0.6 is 0 Å². The fourth-order valence-corrected chi connectivity index (χ4v) is 1.09. The predicted molar refractivity (Wildman–Crippen MR) is 66.6 cm³/mol. The second kappa shape index (κ2) is 10.9. The third-order valence-electron chi connectivity index (χ3n) is 1.71. The zero-order valence-corrected chi connectivity index (χ0v) is 14.0. The molecule has 0 saturated heterocycles. The molecule has 5 nitrogen and oxygen atoms in total. The summed E-state index contributed by atoms with van der Waals surface area (Å²) in [5.41, 5.74) is 6.98. The summed E-state index contributed by atoms with van der Waals surface area (Å²) in [4.78, 5) is 20.9. The Morgan fingerprint density at radius 2 is 1.95 bits per heavy atom. The zero-order chi connectivity index (χ0) is 14.1. The average Bonchev–Trinajstić information content (AvgIpc) is 2.32. The summed E-state index contributed by atoms with van der Waals surface area (Å²) in [6.07, 6.45) is -1.17. The monoisotopic (exact) mass is 344 g/mol. The molecule has 0 aliphatic rings. The van der Waals surface area contributed by atoms with Crippen LogP contribution in [0.2, 0.25) is 0 Å². The Bertz CT molecular complexity index is 427. The van der Waals surface area contributed by atoms with Crippen molar-refractivity contribution < 1.29 is 51.4 Å². The molecule has 1 aromatic rings. The summed E-state index contributed by atoms with van der Waals surface area (Å²) in [6.45, 7) is 5.11. The van der Waals surface area contributed by atoms with Gasteiger partial charge in [0.1, 0.15) is 12.4 Å². The number of amides is 2. The van der Waals surface area contributed by atoms with Crippen LogP contribution in [0.15, 0.2) is 18.2 Å². The number of rotatable bonds is 3. The summed E-state index contributed by atoms with van der Waals surface area (Å²) in [5, 5.41) is 2.31. The molecule has 0 aromatic heterocycles. The minimum Gasteiger partial charge on any atom is -0.632 e. The van der Waals surface area contributed by atoms with E-state index >= 15 is 0 Å². The van der Waals surface area contributed by atoms with E-state index in [-0.39, 0.29) is 50.9 Å². The predicted octanol–water partition coefficient (Wildman–Crippen LogP) is 3.50. The summed E-state index contributed by atoms with van der Waals surface area (Å²) in [6, 6.07) is 4.00. The molecular formula is C12H16FN2O3Y-. The number of hydrogen-bond acceptors (Lipinski definition) is 3. The van der Waals surface area contributed by atoms with Crippen LogP contribution in [0, 0.1) is 5.82 Å². The number of carbonyl (C=O) groups is 2. The molecule has 0 spiro atoms. The molecule has 19 heavy (non-hydrogen) atoms. The van der Waals surface area contributed by atoms with E-state index in [9.17, 15) is 14.0 Å². The molecule has 1 aromatic carbocycles. The third kappa shape index (κ3) is 8.67. The van der Waals surface area contributed by atoms with Gasteiger partial charge in [-0.05, 0) is 17.7 Å². The van der Waals surface area contributed by atoms with Gasteiger partial charge in [-0.2, -0.15) is 0 Å². The molecule has 2 N–H and O–H groups in total. The van der Waals surface area contributed by atoms with Gasteiger partial charge in [0.05, 0.1) is 5.69 Å². The van der Waals surface area contributed by atoms with Gasteiger partial charge in [0.25, 0.3) is 0 Å². The second-order valence-electron chi connectivity index (χ2n) is 3.07. The van der Waals surface area contributed by atoms with Gasteiger partial charge in [-0.3, -0.25) is 9.59 Å². The maximum absolute atomic E-state index is 13.3. The minimum atomic E-state index is -1.17. The summed E-state index contributed by atoms with van der Waals surface area (Å²) < 4.78 is 17.7. The normalized spacial score (nSPS) is 8.42. The van der Waals surface area contributed by atoms with Crippen LogP contribution in [0.5, 0.6) is 0 Å². The molecule has 0 aliphatic heterocycles. The largest absolute Gasteiger partial charge is 0.632 e. The Hall–Kier alpha value is -1.01. The molecule has 0 bridgehead atoms. The van der Waals surface area contributed by atoms with Crippen molar-refractivity contribution in [2.45, 2.75) is 27.4 Å². The van der Waals surface area contributed by atoms with Gasteiger partial charge in [0.15, 0.2) is 0 Å². The molecule has 0 aliphatic carbocycles. The Morgan fingerprint density at radius 1 is 1.37 bits per heavy atom. The summed E-state index contributed by atoms with van der Waals surface area (Å²) in [7, 11) is 0. The number of ether oxygens (including phenoxy) is 1. The summed E-state index contributed by atoms with van der Waals surface area (Å²) in [5.74, 6) is -0.988. The van der Waals surface area contributed by atoms with Crippen molar-refractivity contribution in [2.75, 3.05) is 5.32 Å². The number of benzene rings is 1. The number of halogens is 1. The van der Waals surface area contributed by atoms with Gasteiger partial charge in [0, 0.05) is 39.6 Å². The Balaban J connectivity index is 0. The molecule has 2 amide bonds. The molecule has 103 valence electrons. The molecule has 0 unspecified atom stereocenters. The van der Waals surface area contributed by atoms with E-state index in [4.69, 9.17) is 5.73 Å². The van der Waals surface area contributed by atoms with Crippen molar-refractivity contribution >= 4 is 17.7 Å². The van der Waals surface area contributed by atoms with Crippen LogP contribution in [-0.2, 0) is 48.8 Å². The van der Waals surface area contributed by atoms with Gasteiger partial charge in [0.2, 0.25) is 12.0 Å². The fraction of sp³-hybridized carbons (Fsp3) is 0.333. The van der Waals surface area contributed by atoms with E-state index in [1.807, 2.05) is 13.8 Å². The summed E-state index contributed by atoms with van der Waals surface area (Å²) >= 11 is 0. The van der Waals surface area contributed by atoms with Crippen molar-refractivity contribution in [1.29, 1.82) is 0 Å². The maximum atomic E-state index is 13.3. The molecule has 0 heterocycles. The molecule has 1 rings (SSSR count). The first kappa shape index (κ1) is 20.3. The van der Waals surface area contributed by atoms with Gasteiger partial charge in [-0.15, -0.1) is 0 Å². The molecule has 0 atom stereocenters. The average molecular weight is 344 g/mol. The van der Waals surface area contributed by atoms with Gasteiger partial charge in [-0.25, -0.2) is 4.39 Å². The maximum Gasteiger partial charge on any atom is 0.227 e. The van der Waals surface area contributed by atoms with E-state index in [1.54, 1.807) is 0 Å². The van der Waals surface area contributed by atoms with E-state index in [1.165, 1.54) is 19.1 Å². The minimum absolute atomic E-state index is 0. The van der Waals surface area contributed by atoms with Crippen molar-refractivity contribution in [1.82, 2.24) is 0 Å². The van der Waals surface area contributed by atoms with Crippen LogP contribution in [-0.4, -0.2) is 12.0 Å². The molecule has 0 saturated carbocycles. The smallest absolute Gasteiger partial charge is 0.227 e. The molecule has 0 fully saturated rings. The van der Waals surface area contributed by atoms with Crippen LogP contribution in [0.3, 0.4) is 0 Å². The SMILES string of the molecule is CC.CC(=O)Nc1ccc(COC([NH-])=O)cc1F.[Y]. The van der Waals surface area contributed by atoms with E-state index in [2.05, 4.69) is 10.1 Å². The first-order valence-corrected chi connectivity index (χ1v) is 5.43. The number of anilines is 1. The van der Waals surface area contributed by atoms with Crippen LogP contribution < -0.4 is 5.32 Å². The van der Waals surface area contributed by atoms with E-state index in [0.717, 1.165) is 6.07 Å². The first-order valence-electron chi connectivity index (χ1n) is 5.43. The number of nitrogens with one attached hydrogen (secondary N) is 2. The quantitative estimate of drug-likeness (QED) is 0.911. The fourth-order valence-electron chi connectivity index (χ4n) is 1.09. The van der Waals surface area contributed by atoms with Gasteiger partial charge in [-0.1, -0.05) is 19.9 Å². The Kier molecular flexibility index (Phi) is 11.6. The standard InChI is InChI=1S/C10H11FN2O3.C2H6.Y/c1-6(14)13-9-3-2-7(4-8(9)11)5-16-10(12)15;1-2;/h2-4H,5H2,1H3,(H3,12,13,14,15);1-2H3;/p-1.